The summed E-state index contributed by atoms with van der Waals surface area (Å²) in [6, 6.07) is -0.935. The highest BCUT2D eigenvalue weighted by Crippen LogP contribution is 2.30. The molecule has 2 aliphatic heterocycles. The first-order valence-electron chi connectivity index (χ1n) is 37.7. The van der Waals surface area contributed by atoms with Gasteiger partial charge >= 0.3 is 0 Å². The second kappa shape index (κ2) is 61.1. The Morgan fingerprint density at radius 1 is 0.407 bits per heavy atom. The average Bonchev–Trinajstić information content (AvgIpc) is 1.25. The molecule has 14 heteroatoms. The Balaban J connectivity index is 1.66. The quantitative estimate of drug-likeness (QED) is 0.0204. The Kier molecular flexibility index (Phi) is 56.7. The Morgan fingerprint density at radius 2 is 0.769 bits per heavy atom. The molecule has 2 fully saturated rings. The number of carbonyl (C=O) groups excluding carboxylic acids is 1. The highest BCUT2D eigenvalue weighted by atomic mass is 16.7. The number of allylic oxidation sites excluding steroid dienone is 11. The number of amides is 1. The Bertz CT molecular complexity index is 1800. The van der Waals surface area contributed by atoms with Crippen LogP contribution in [0.15, 0.2) is 72.9 Å². The summed E-state index contributed by atoms with van der Waals surface area (Å²) in [7, 11) is 0. The SMILES string of the molecule is CC/C=C\C/C=C\C/C=C\C/C=C\CCCCCCCCCCCCCCCCCCCCC(=O)NC(COC1OC(CO)C(OC2OC(CO)C(O)C(O)C2O)C(O)C1O)C(O)/C=C/CC/C=C/CCCCCCCCCCCCCCCCCCCCCC. The number of hydrogen-bond donors (Lipinski definition) is 9. The van der Waals surface area contributed by atoms with Gasteiger partial charge in [-0.05, 0) is 70.6 Å². The molecule has 2 saturated heterocycles. The van der Waals surface area contributed by atoms with Crippen molar-refractivity contribution >= 4 is 5.91 Å². The predicted octanol–water partition coefficient (Wildman–Crippen LogP) is 16.2. The summed E-state index contributed by atoms with van der Waals surface area (Å²) in [5, 5.41) is 87.6. The van der Waals surface area contributed by atoms with Crippen LogP contribution in [-0.2, 0) is 23.7 Å². The topological polar surface area (TPSA) is 228 Å². The van der Waals surface area contributed by atoms with Crippen molar-refractivity contribution in [2.45, 2.75) is 389 Å². The standard InChI is InChI=1S/C77H139NO13/c1-3-5-7-9-11-13-15-17-19-21-23-25-27-29-31-32-33-34-35-37-39-41-43-45-47-49-51-53-55-57-59-61-69(82)78-65(64-88-76-74(87)72(85)75(68(63-80)90-76)91-77-73(86)71(84)70(83)67(62-79)89-77)66(81)60-58-56-54-52-50-48-46-44-42-40-38-36-30-28-26-24-22-20-18-16-14-12-10-8-6-4-2/h5,7,11,13,17,19,23,25,50,52,58,60,65-68,70-77,79-81,83-87H,3-4,6,8-10,12,14-16,18,20-22,24,26-49,51,53-57,59,61-64H2,1-2H3,(H,78,82)/b7-5-,13-11-,19-17-,25-23-,52-50+,60-58+. The summed E-state index contributed by atoms with van der Waals surface area (Å²) in [4.78, 5) is 13.4. The maximum absolute atomic E-state index is 13.4. The van der Waals surface area contributed by atoms with E-state index < -0.39 is 86.8 Å². The molecule has 530 valence electrons. The summed E-state index contributed by atoms with van der Waals surface area (Å²) < 4.78 is 22.9. The molecule has 0 saturated carbocycles. The maximum atomic E-state index is 13.4. The normalized spacial score (nSPS) is 23.2. The number of rotatable bonds is 62. The van der Waals surface area contributed by atoms with E-state index in [1.807, 2.05) is 6.08 Å². The summed E-state index contributed by atoms with van der Waals surface area (Å²) in [5.41, 5.74) is 0. The van der Waals surface area contributed by atoms with Gasteiger partial charge in [0.25, 0.3) is 0 Å². The van der Waals surface area contributed by atoms with Crippen LogP contribution in [0.2, 0.25) is 0 Å². The minimum atomic E-state index is -1.79. The molecular weight excluding hydrogens is 1150 g/mol. The van der Waals surface area contributed by atoms with Gasteiger partial charge in [0.05, 0.1) is 32.0 Å². The third-order valence-electron chi connectivity index (χ3n) is 18.1. The maximum Gasteiger partial charge on any atom is 0.220 e. The molecule has 14 nitrogen and oxygen atoms in total. The van der Waals surface area contributed by atoms with E-state index in [0.717, 1.165) is 57.8 Å². The molecule has 2 rings (SSSR count). The number of aliphatic hydroxyl groups excluding tert-OH is 8. The van der Waals surface area contributed by atoms with Crippen LogP contribution in [0.5, 0.6) is 0 Å². The average molecular weight is 1290 g/mol. The Labute approximate surface area is 555 Å². The van der Waals surface area contributed by atoms with Crippen LogP contribution >= 0.6 is 0 Å². The summed E-state index contributed by atoms with van der Waals surface area (Å²) in [5.74, 6) is -0.246. The van der Waals surface area contributed by atoms with E-state index in [1.54, 1.807) is 6.08 Å². The first-order valence-corrected chi connectivity index (χ1v) is 37.7. The lowest BCUT2D eigenvalue weighted by Crippen LogP contribution is -2.65. The van der Waals surface area contributed by atoms with Gasteiger partial charge in [0.1, 0.15) is 48.8 Å². The zero-order chi connectivity index (χ0) is 65.9. The minimum Gasteiger partial charge on any atom is -0.394 e. The Morgan fingerprint density at radius 3 is 1.21 bits per heavy atom. The monoisotopic (exact) mass is 1290 g/mol. The van der Waals surface area contributed by atoms with Gasteiger partial charge in [0.2, 0.25) is 5.91 Å². The molecular formula is C77H139NO13. The predicted molar refractivity (Wildman–Crippen MR) is 373 cm³/mol. The lowest BCUT2D eigenvalue weighted by Gasteiger charge is -2.46. The molecule has 0 aliphatic carbocycles. The van der Waals surface area contributed by atoms with Crippen LogP contribution in [-0.4, -0.2) is 140 Å². The second-order valence-corrected chi connectivity index (χ2v) is 26.4. The van der Waals surface area contributed by atoms with Crippen LogP contribution in [0.4, 0.5) is 0 Å². The number of hydrogen-bond acceptors (Lipinski definition) is 13. The second-order valence-electron chi connectivity index (χ2n) is 26.4. The van der Waals surface area contributed by atoms with E-state index in [-0.39, 0.29) is 18.9 Å². The van der Waals surface area contributed by atoms with E-state index >= 15 is 0 Å². The fourth-order valence-electron chi connectivity index (χ4n) is 12.2. The van der Waals surface area contributed by atoms with E-state index in [4.69, 9.17) is 18.9 Å². The van der Waals surface area contributed by atoms with Crippen LogP contribution in [0.1, 0.15) is 316 Å². The van der Waals surface area contributed by atoms with Gasteiger partial charge in [-0.3, -0.25) is 4.79 Å². The van der Waals surface area contributed by atoms with E-state index in [0.29, 0.717) is 12.8 Å². The zero-order valence-corrected chi connectivity index (χ0v) is 57.8. The lowest BCUT2D eigenvalue weighted by molar-refractivity contribution is -0.359. The molecule has 0 aromatic rings. The molecule has 0 aromatic heterocycles. The number of nitrogens with one attached hydrogen (secondary N) is 1. The summed E-state index contributed by atoms with van der Waals surface area (Å²) in [6.45, 7) is 2.71. The number of aliphatic hydroxyl groups is 8. The van der Waals surface area contributed by atoms with E-state index in [2.05, 4.69) is 79.9 Å². The Hall–Kier alpha value is -2.57. The molecule has 91 heavy (non-hydrogen) atoms. The number of carbonyl (C=O) groups is 1. The molecule has 0 bridgehead atoms. The van der Waals surface area contributed by atoms with Crippen molar-refractivity contribution in [3.05, 3.63) is 72.9 Å². The van der Waals surface area contributed by atoms with Gasteiger partial charge in [0.15, 0.2) is 12.6 Å². The van der Waals surface area contributed by atoms with Gasteiger partial charge in [-0.25, -0.2) is 0 Å². The van der Waals surface area contributed by atoms with Crippen LogP contribution in [0.3, 0.4) is 0 Å². The van der Waals surface area contributed by atoms with Crippen molar-refractivity contribution in [3.8, 4) is 0 Å². The van der Waals surface area contributed by atoms with Crippen molar-refractivity contribution in [3.63, 3.8) is 0 Å². The molecule has 0 spiro atoms. The van der Waals surface area contributed by atoms with Gasteiger partial charge < -0.3 is 65.1 Å². The lowest BCUT2D eigenvalue weighted by atomic mass is 9.97. The fraction of sp³-hybridized carbons (Fsp3) is 0.831. The minimum absolute atomic E-state index is 0.246. The number of ether oxygens (including phenoxy) is 4. The molecule has 0 aromatic carbocycles. The van der Waals surface area contributed by atoms with Crippen LogP contribution in [0.25, 0.3) is 0 Å². The zero-order valence-electron chi connectivity index (χ0n) is 57.8. The molecule has 12 atom stereocenters. The molecule has 2 heterocycles. The largest absolute Gasteiger partial charge is 0.394 e. The third kappa shape index (κ3) is 44.7. The smallest absolute Gasteiger partial charge is 0.220 e. The van der Waals surface area contributed by atoms with Crippen molar-refractivity contribution in [2.24, 2.45) is 0 Å². The van der Waals surface area contributed by atoms with Gasteiger partial charge in [0, 0.05) is 6.42 Å². The molecule has 0 radical (unpaired) electrons. The van der Waals surface area contributed by atoms with Gasteiger partial charge in [-0.1, -0.05) is 311 Å². The highest BCUT2D eigenvalue weighted by Gasteiger charge is 2.51. The first kappa shape index (κ1) is 84.5. The van der Waals surface area contributed by atoms with Crippen molar-refractivity contribution in [2.75, 3.05) is 19.8 Å². The molecule has 1 amide bonds. The van der Waals surface area contributed by atoms with Crippen LogP contribution < -0.4 is 5.32 Å². The third-order valence-corrected chi connectivity index (χ3v) is 18.1. The van der Waals surface area contributed by atoms with E-state index in [9.17, 15) is 45.6 Å². The van der Waals surface area contributed by atoms with Crippen LogP contribution in [0, 0.1) is 0 Å². The number of unbranched alkanes of at least 4 members (excludes halogenated alkanes) is 39. The first-order chi connectivity index (χ1) is 44.6. The van der Waals surface area contributed by atoms with Crippen molar-refractivity contribution in [1.82, 2.24) is 5.32 Å². The van der Waals surface area contributed by atoms with Gasteiger partial charge in [-0.2, -0.15) is 0 Å². The van der Waals surface area contributed by atoms with Crippen molar-refractivity contribution in [1.29, 1.82) is 0 Å². The summed E-state index contributed by atoms with van der Waals surface area (Å²) >= 11 is 0. The molecule has 12 unspecified atom stereocenters. The van der Waals surface area contributed by atoms with Gasteiger partial charge in [-0.15, -0.1) is 0 Å². The molecule has 9 N–H and O–H groups in total. The van der Waals surface area contributed by atoms with E-state index in [1.165, 1.54) is 225 Å². The van der Waals surface area contributed by atoms with Crippen molar-refractivity contribution < 1.29 is 64.6 Å². The molecule has 2 aliphatic rings. The highest BCUT2D eigenvalue weighted by molar-refractivity contribution is 5.76. The fourth-order valence-corrected chi connectivity index (χ4v) is 12.2. The summed E-state index contributed by atoms with van der Waals surface area (Å²) in [6.07, 6.45) is 66.8.